The van der Waals surface area contributed by atoms with Crippen molar-refractivity contribution in [1.29, 1.82) is 0 Å². The molecule has 1 amide bonds. The van der Waals surface area contributed by atoms with E-state index in [4.69, 9.17) is 9.47 Å². The molecule has 2 aliphatic rings. The summed E-state index contributed by atoms with van der Waals surface area (Å²) in [5, 5.41) is 11.5. The van der Waals surface area contributed by atoms with Crippen LogP contribution in [0.3, 0.4) is 0 Å². The zero-order chi connectivity index (χ0) is 25.9. The summed E-state index contributed by atoms with van der Waals surface area (Å²) < 4.78 is 10.7. The fraction of sp³-hybridized carbons (Fsp3) is 0.276. The number of aliphatic hydroxyl groups is 1. The average molecular weight is 500 g/mol. The molecule has 0 saturated carbocycles. The summed E-state index contributed by atoms with van der Waals surface area (Å²) >= 11 is 0. The Hall–Kier alpha value is -4.33. The molecule has 2 saturated heterocycles. The summed E-state index contributed by atoms with van der Waals surface area (Å²) in [6, 6.07) is 15.2. The minimum atomic E-state index is -0.870. The minimum absolute atomic E-state index is 0.0374. The summed E-state index contributed by atoms with van der Waals surface area (Å²) in [7, 11) is 2.98. The molecule has 190 valence electrons. The van der Waals surface area contributed by atoms with Crippen LogP contribution in [0.1, 0.15) is 36.4 Å². The molecular weight excluding hydrogens is 470 g/mol. The number of hydrogen-bond acceptors (Lipinski definition) is 7. The van der Waals surface area contributed by atoms with Crippen molar-refractivity contribution >= 4 is 28.8 Å². The van der Waals surface area contributed by atoms with Crippen LogP contribution in [0.4, 0.5) is 11.4 Å². The van der Waals surface area contributed by atoms with E-state index in [-0.39, 0.29) is 16.9 Å². The highest BCUT2D eigenvalue weighted by Crippen LogP contribution is 2.43. The second-order valence-corrected chi connectivity index (χ2v) is 9.09. The second kappa shape index (κ2) is 10.3. The first kappa shape index (κ1) is 24.4. The van der Waals surface area contributed by atoms with E-state index in [0.717, 1.165) is 31.6 Å². The maximum absolute atomic E-state index is 13.4. The van der Waals surface area contributed by atoms with E-state index in [1.807, 2.05) is 24.3 Å². The summed E-state index contributed by atoms with van der Waals surface area (Å²) in [6.45, 7) is 2.00. The highest BCUT2D eigenvalue weighted by atomic mass is 16.5. The monoisotopic (exact) mass is 499 g/mol. The molecule has 37 heavy (non-hydrogen) atoms. The lowest BCUT2D eigenvalue weighted by molar-refractivity contribution is -0.132. The van der Waals surface area contributed by atoms with Crippen LogP contribution in [0, 0.1) is 0 Å². The molecule has 1 atom stereocenters. The first-order chi connectivity index (χ1) is 18.0. The fourth-order valence-corrected chi connectivity index (χ4v) is 5.07. The molecule has 0 aliphatic carbocycles. The summed E-state index contributed by atoms with van der Waals surface area (Å²) in [4.78, 5) is 34.9. The third-order valence-electron chi connectivity index (χ3n) is 6.96. The van der Waals surface area contributed by atoms with Crippen molar-refractivity contribution in [3.8, 4) is 11.5 Å². The van der Waals surface area contributed by atoms with Crippen molar-refractivity contribution in [2.45, 2.75) is 25.3 Å². The molecule has 5 rings (SSSR count). The molecule has 1 aromatic heterocycles. The van der Waals surface area contributed by atoms with Gasteiger partial charge in [0.15, 0.2) is 0 Å². The number of ether oxygens (including phenoxy) is 2. The standard InChI is InChI=1S/C29H29N3O5/c1-36-22-12-13-24(37-2)23(17-22)27(33)25-26(19-7-6-14-30-18-19)32(29(35)28(25)34)21-10-8-20(9-11-21)31-15-4-3-5-16-31/h6-14,17-18,26,33H,3-5,15-16H2,1-2H3/b27-25+. The van der Waals surface area contributed by atoms with E-state index >= 15 is 0 Å². The van der Waals surface area contributed by atoms with Crippen molar-refractivity contribution < 1.29 is 24.2 Å². The number of aliphatic hydroxyl groups excluding tert-OH is 1. The molecule has 0 spiro atoms. The quantitative estimate of drug-likeness (QED) is 0.298. The van der Waals surface area contributed by atoms with Crippen LogP contribution in [-0.2, 0) is 9.59 Å². The van der Waals surface area contributed by atoms with Gasteiger partial charge in [-0.2, -0.15) is 0 Å². The van der Waals surface area contributed by atoms with Crippen molar-refractivity contribution in [2.75, 3.05) is 37.1 Å². The Balaban J connectivity index is 1.63. The number of benzene rings is 2. The van der Waals surface area contributed by atoms with E-state index < -0.39 is 17.7 Å². The number of anilines is 2. The molecule has 8 heteroatoms. The number of carbonyl (C=O) groups excluding carboxylic acids is 2. The Morgan fingerprint density at radius 2 is 1.68 bits per heavy atom. The van der Waals surface area contributed by atoms with Gasteiger partial charge in [0.1, 0.15) is 17.3 Å². The van der Waals surface area contributed by atoms with Crippen molar-refractivity contribution in [3.63, 3.8) is 0 Å². The summed E-state index contributed by atoms with van der Waals surface area (Å²) in [5.41, 5.74) is 2.47. The Morgan fingerprint density at radius 1 is 0.946 bits per heavy atom. The fourth-order valence-electron chi connectivity index (χ4n) is 5.07. The van der Waals surface area contributed by atoms with Crippen LogP contribution in [0.25, 0.3) is 5.76 Å². The normalized spacial score (nSPS) is 19.2. The van der Waals surface area contributed by atoms with Gasteiger partial charge < -0.3 is 19.5 Å². The number of pyridine rings is 1. The minimum Gasteiger partial charge on any atom is -0.507 e. The number of amides is 1. The molecule has 8 nitrogen and oxygen atoms in total. The average Bonchev–Trinajstić information content (AvgIpc) is 3.23. The van der Waals surface area contributed by atoms with Crippen molar-refractivity contribution in [2.24, 2.45) is 0 Å². The van der Waals surface area contributed by atoms with E-state index in [0.29, 0.717) is 22.7 Å². The summed E-state index contributed by atoms with van der Waals surface area (Å²) in [6.07, 6.45) is 6.77. The van der Waals surface area contributed by atoms with Gasteiger partial charge in [-0.3, -0.25) is 19.5 Å². The number of carbonyl (C=O) groups is 2. The molecular formula is C29H29N3O5. The summed E-state index contributed by atoms with van der Waals surface area (Å²) in [5.74, 6) is -1.02. The predicted octanol–water partition coefficient (Wildman–Crippen LogP) is 4.72. The van der Waals surface area contributed by atoms with Crippen LogP contribution in [0.5, 0.6) is 11.5 Å². The lowest BCUT2D eigenvalue weighted by Gasteiger charge is -2.30. The van der Waals surface area contributed by atoms with Gasteiger partial charge in [0.25, 0.3) is 11.7 Å². The van der Waals surface area contributed by atoms with Gasteiger partial charge in [0.2, 0.25) is 0 Å². The van der Waals surface area contributed by atoms with E-state index in [2.05, 4.69) is 9.88 Å². The lowest BCUT2D eigenvalue weighted by Crippen LogP contribution is -2.30. The van der Waals surface area contributed by atoms with Crippen molar-refractivity contribution in [1.82, 2.24) is 4.98 Å². The Kier molecular flexibility index (Phi) is 6.81. The lowest BCUT2D eigenvalue weighted by atomic mass is 9.95. The van der Waals surface area contributed by atoms with Gasteiger partial charge in [-0.05, 0) is 73.4 Å². The maximum atomic E-state index is 13.4. The van der Waals surface area contributed by atoms with Gasteiger partial charge in [0, 0.05) is 36.9 Å². The highest BCUT2D eigenvalue weighted by molar-refractivity contribution is 6.51. The third kappa shape index (κ3) is 4.50. The first-order valence-corrected chi connectivity index (χ1v) is 12.3. The molecule has 0 bridgehead atoms. The van der Waals surface area contributed by atoms with Gasteiger partial charge in [-0.15, -0.1) is 0 Å². The predicted molar refractivity (Wildman–Crippen MR) is 141 cm³/mol. The molecule has 1 unspecified atom stereocenters. The molecule has 2 aliphatic heterocycles. The number of piperidine rings is 1. The van der Waals surface area contributed by atoms with Crippen LogP contribution >= 0.6 is 0 Å². The first-order valence-electron chi connectivity index (χ1n) is 12.3. The number of aromatic nitrogens is 1. The third-order valence-corrected chi connectivity index (χ3v) is 6.96. The number of rotatable bonds is 6. The SMILES string of the molecule is COc1ccc(OC)c(/C(O)=C2\C(=O)C(=O)N(c3ccc(N4CCCCC4)cc3)C2c2cccnc2)c1. The zero-order valence-electron chi connectivity index (χ0n) is 20.9. The van der Waals surface area contributed by atoms with E-state index in [9.17, 15) is 14.7 Å². The topological polar surface area (TPSA) is 92.2 Å². The second-order valence-electron chi connectivity index (χ2n) is 9.09. The molecule has 0 radical (unpaired) electrons. The number of methoxy groups -OCH3 is 2. The Bertz CT molecular complexity index is 1330. The molecule has 2 fully saturated rings. The van der Waals surface area contributed by atoms with Crippen LogP contribution in [0.15, 0.2) is 72.6 Å². The van der Waals surface area contributed by atoms with Gasteiger partial charge in [-0.25, -0.2) is 0 Å². The number of ketones is 1. The number of nitrogens with zero attached hydrogens (tertiary/aromatic N) is 3. The van der Waals surface area contributed by atoms with Crippen LogP contribution < -0.4 is 19.3 Å². The van der Waals surface area contributed by atoms with E-state index in [1.54, 1.807) is 42.7 Å². The Labute approximate surface area is 215 Å². The molecule has 1 N–H and O–H groups in total. The van der Waals surface area contributed by atoms with Gasteiger partial charge in [-0.1, -0.05) is 6.07 Å². The Morgan fingerprint density at radius 3 is 2.32 bits per heavy atom. The smallest absolute Gasteiger partial charge is 0.300 e. The molecule has 3 aromatic rings. The van der Waals surface area contributed by atoms with Crippen LogP contribution in [-0.4, -0.2) is 49.1 Å². The maximum Gasteiger partial charge on any atom is 0.300 e. The van der Waals surface area contributed by atoms with E-state index in [1.165, 1.54) is 25.5 Å². The highest BCUT2D eigenvalue weighted by Gasteiger charge is 2.47. The largest absolute Gasteiger partial charge is 0.507 e. The molecule has 3 heterocycles. The van der Waals surface area contributed by atoms with Crippen molar-refractivity contribution in [3.05, 3.63) is 83.7 Å². The zero-order valence-corrected chi connectivity index (χ0v) is 20.9. The number of hydrogen-bond donors (Lipinski definition) is 1. The van der Waals surface area contributed by atoms with Gasteiger partial charge >= 0.3 is 0 Å². The number of Topliss-reactive ketones (excluding diaryl/α,β-unsaturated/α-hetero) is 1. The molecule has 2 aromatic carbocycles. The van der Waals surface area contributed by atoms with Gasteiger partial charge in [0.05, 0.1) is 31.4 Å². The van der Waals surface area contributed by atoms with Crippen LogP contribution in [0.2, 0.25) is 0 Å².